The van der Waals surface area contributed by atoms with Gasteiger partial charge in [-0.3, -0.25) is 4.79 Å². The van der Waals surface area contributed by atoms with Crippen LogP contribution >= 0.6 is 0 Å². The van der Waals surface area contributed by atoms with E-state index in [2.05, 4.69) is 11.4 Å². The lowest BCUT2D eigenvalue weighted by Crippen LogP contribution is -2.24. The summed E-state index contributed by atoms with van der Waals surface area (Å²) in [6, 6.07) is 4.83. The highest BCUT2D eigenvalue weighted by molar-refractivity contribution is 5.92. The quantitative estimate of drug-likeness (QED) is 0.779. The molecule has 0 aromatic heterocycles. The fourth-order valence-corrected chi connectivity index (χ4v) is 1.99. The summed E-state index contributed by atoms with van der Waals surface area (Å²) in [6.45, 7) is 1.82. The van der Waals surface area contributed by atoms with Gasteiger partial charge in [-0.25, -0.2) is 4.39 Å². The van der Waals surface area contributed by atoms with Gasteiger partial charge in [-0.2, -0.15) is 0 Å². The van der Waals surface area contributed by atoms with Crippen molar-refractivity contribution in [2.24, 2.45) is 5.92 Å². The number of halogens is 1. The fraction of sp³-hybridized carbons (Fsp3) is 0.357. The van der Waals surface area contributed by atoms with Gasteiger partial charge >= 0.3 is 0 Å². The monoisotopic (exact) mass is 233 g/mol. The predicted molar refractivity (Wildman–Crippen MR) is 66.2 cm³/mol. The molecule has 2 nitrogen and oxygen atoms in total. The maximum absolute atomic E-state index is 13.5. The Bertz CT molecular complexity index is 454. The molecule has 0 saturated heterocycles. The minimum absolute atomic E-state index is 0.0271. The van der Waals surface area contributed by atoms with Crippen molar-refractivity contribution < 1.29 is 9.18 Å². The lowest BCUT2D eigenvalue weighted by atomic mass is 9.93. The zero-order valence-electron chi connectivity index (χ0n) is 9.87. The van der Waals surface area contributed by atoms with E-state index in [1.54, 1.807) is 12.1 Å². The van der Waals surface area contributed by atoms with Crippen molar-refractivity contribution in [3.63, 3.8) is 0 Å². The Morgan fingerprint density at radius 2 is 2.24 bits per heavy atom. The second-order valence-electron chi connectivity index (χ2n) is 4.45. The number of benzene rings is 1. The SMILES string of the molecule is Cc1ccc(NC(=O)[C@@H]2CC=CCC2)c(F)c1. The van der Waals surface area contributed by atoms with E-state index in [0.717, 1.165) is 24.8 Å². The van der Waals surface area contributed by atoms with Crippen molar-refractivity contribution >= 4 is 11.6 Å². The number of hydrogen-bond donors (Lipinski definition) is 1. The summed E-state index contributed by atoms with van der Waals surface area (Å²) >= 11 is 0. The lowest BCUT2D eigenvalue weighted by molar-refractivity contribution is -0.120. The summed E-state index contributed by atoms with van der Waals surface area (Å²) in [7, 11) is 0. The summed E-state index contributed by atoms with van der Waals surface area (Å²) in [5, 5.41) is 2.66. The van der Waals surface area contributed by atoms with E-state index in [9.17, 15) is 9.18 Å². The molecule has 1 N–H and O–H groups in total. The molecule has 0 heterocycles. The third kappa shape index (κ3) is 2.93. The summed E-state index contributed by atoms with van der Waals surface area (Å²) in [5.74, 6) is -0.484. The molecule has 0 spiro atoms. The summed E-state index contributed by atoms with van der Waals surface area (Å²) in [6.07, 6.45) is 6.61. The van der Waals surface area contributed by atoms with Crippen LogP contribution in [-0.2, 0) is 4.79 Å². The van der Waals surface area contributed by atoms with E-state index >= 15 is 0 Å². The number of allylic oxidation sites excluding steroid dienone is 2. The van der Waals surface area contributed by atoms with Crippen molar-refractivity contribution in [3.05, 3.63) is 41.7 Å². The van der Waals surface area contributed by atoms with Crippen LogP contribution in [0.2, 0.25) is 0 Å². The van der Waals surface area contributed by atoms with Gasteiger partial charge < -0.3 is 5.32 Å². The summed E-state index contributed by atoms with van der Waals surface area (Å²) in [4.78, 5) is 11.9. The van der Waals surface area contributed by atoms with Gasteiger partial charge in [0.25, 0.3) is 0 Å². The second-order valence-corrected chi connectivity index (χ2v) is 4.45. The minimum Gasteiger partial charge on any atom is -0.323 e. The molecule has 0 unspecified atom stereocenters. The van der Waals surface area contributed by atoms with Gasteiger partial charge in [0, 0.05) is 5.92 Å². The molecular formula is C14H16FNO. The minimum atomic E-state index is -0.371. The van der Waals surface area contributed by atoms with Crippen molar-refractivity contribution in [2.45, 2.75) is 26.2 Å². The zero-order valence-corrected chi connectivity index (χ0v) is 9.87. The zero-order chi connectivity index (χ0) is 12.3. The van der Waals surface area contributed by atoms with Gasteiger partial charge in [-0.05, 0) is 43.9 Å². The Kier molecular flexibility index (Phi) is 3.57. The first-order valence-electron chi connectivity index (χ1n) is 5.89. The summed E-state index contributed by atoms with van der Waals surface area (Å²) in [5.41, 5.74) is 1.12. The molecular weight excluding hydrogens is 217 g/mol. The number of rotatable bonds is 2. The molecule has 1 aliphatic carbocycles. The Balaban J connectivity index is 2.05. The van der Waals surface area contributed by atoms with E-state index < -0.39 is 0 Å². The molecule has 1 aromatic rings. The number of aryl methyl sites for hydroxylation is 1. The third-order valence-corrected chi connectivity index (χ3v) is 3.02. The van der Waals surface area contributed by atoms with Crippen molar-refractivity contribution in [1.82, 2.24) is 0 Å². The molecule has 1 amide bonds. The standard InChI is InChI=1S/C14H16FNO/c1-10-7-8-13(12(15)9-10)16-14(17)11-5-3-2-4-6-11/h2-3,7-9,11H,4-6H2,1H3,(H,16,17)/t11-/m1/s1. The predicted octanol–water partition coefficient (Wildman–Crippen LogP) is 3.43. The van der Waals surface area contributed by atoms with Crippen LogP contribution in [0.15, 0.2) is 30.4 Å². The Hall–Kier alpha value is -1.64. The molecule has 17 heavy (non-hydrogen) atoms. The smallest absolute Gasteiger partial charge is 0.227 e. The van der Waals surface area contributed by atoms with Crippen LogP contribution in [-0.4, -0.2) is 5.91 Å². The number of nitrogens with one attached hydrogen (secondary N) is 1. The molecule has 90 valence electrons. The molecule has 0 fully saturated rings. The first-order valence-corrected chi connectivity index (χ1v) is 5.89. The molecule has 1 aromatic carbocycles. The van der Waals surface area contributed by atoms with Crippen molar-refractivity contribution in [1.29, 1.82) is 0 Å². The van der Waals surface area contributed by atoms with Gasteiger partial charge in [0.2, 0.25) is 5.91 Å². The highest BCUT2D eigenvalue weighted by atomic mass is 19.1. The van der Waals surface area contributed by atoms with E-state index in [4.69, 9.17) is 0 Å². The van der Waals surface area contributed by atoms with Crippen LogP contribution in [0.25, 0.3) is 0 Å². The molecule has 1 atom stereocenters. The average Bonchev–Trinajstić information content (AvgIpc) is 2.34. The topological polar surface area (TPSA) is 29.1 Å². The molecule has 0 radical (unpaired) electrons. The van der Waals surface area contributed by atoms with Crippen molar-refractivity contribution in [2.75, 3.05) is 5.32 Å². The highest BCUT2D eigenvalue weighted by Crippen LogP contribution is 2.21. The van der Waals surface area contributed by atoms with Gasteiger partial charge in [-0.15, -0.1) is 0 Å². The normalized spacial score (nSPS) is 19.1. The van der Waals surface area contributed by atoms with Crippen LogP contribution in [0.1, 0.15) is 24.8 Å². The van der Waals surface area contributed by atoms with E-state index in [-0.39, 0.29) is 23.3 Å². The second kappa shape index (κ2) is 5.13. The Morgan fingerprint density at radius 3 is 2.88 bits per heavy atom. The number of carbonyl (C=O) groups excluding carboxylic acids is 1. The Morgan fingerprint density at radius 1 is 1.41 bits per heavy atom. The number of amides is 1. The third-order valence-electron chi connectivity index (χ3n) is 3.02. The molecule has 0 aliphatic heterocycles. The maximum Gasteiger partial charge on any atom is 0.227 e. The van der Waals surface area contributed by atoms with Crippen LogP contribution < -0.4 is 5.32 Å². The average molecular weight is 233 g/mol. The first kappa shape index (κ1) is 11.8. The van der Waals surface area contributed by atoms with Gasteiger partial charge in [0.1, 0.15) is 5.82 Å². The molecule has 0 saturated carbocycles. The van der Waals surface area contributed by atoms with Crippen LogP contribution in [0.4, 0.5) is 10.1 Å². The van der Waals surface area contributed by atoms with Crippen LogP contribution in [0.3, 0.4) is 0 Å². The van der Waals surface area contributed by atoms with E-state index in [1.165, 1.54) is 6.07 Å². The number of carbonyl (C=O) groups is 1. The van der Waals surface area contributed by atoms with E-state index in [1.807, 2.05) is 13.0 Å². The van der Waals surface area contributed by atoms with E-state index in [0.29, 0.717) is 0 Å². The summed E-state index contributed by atoms with van der Waals surface area (Å²) < 4.78 is 13.5. The molecule has 3 heteroatoms. The largest absolute Gasteiger partial charge is 0.323 e. The molecule has 2 rings (SSSR count). The Labute approximate surface area is 101 Å². The maximum atomic E-state index is 13.5. The fourth-order valence-electron chi connectivity index (χ4n) is 1.99. The van der Waals surface area contributed by atoms with Gasteiger partial charge in [0.15, 0.2) is 0 Å². The van der Waals surface area contributed by atoms with Crippen molar-refractivity contribution in [3.8, 4) is 0 Å². The van der Waals surface area contributed by atoms with Gasteiger partial charge in [0.05, 0.1) is 5.69 Å². The molecule has 1 aliphatic rings. The van der Waals surface area contributed by atoms with Crippen LogP contribution in [0, 0.1) is 18.7 Å². The number of anilines is 1. The highest BCUT2D eigenvalue weighted by Gasteiger charge is 2.19. The lowest BCUT2D eigenvalue weighted by Gasteiger charge is -2.17. The first-order chi connectivity index (χ1) is 8.16. The molecule has 0 bridgehead atoms. The van der Waals surface area contributed by atoms with Gasteiger partial charge in [-0.1, -0.05) is 18.2 Å². The van der Waals surface area contributed by atoms with Crippen LogP contribution in [0.5, 0.6) is 0 Å². The number of hydrogen-bond acceptors (Lipinski definition) is 1.